The Morgan fingerprint density at radius 3 is 1.82 bits per heavy atom. The van der Waals surface area contributed by atoms with E-state index in [0.717, 1.165) is 37.9 Å². The summed E-state index contributed by atoms with van der Waals surface area (Å²) in [6, 6.07) is 0.275. The first-order chi connectivity index (χ1) is 13.5. The largest absolute Gasteiger partial charge is 0.354 e. The average Bonchev–Trinajstić information content (AvgIpc) is 2.64. The zero-order valence-electron chi connectivity index (χ0n) is 18.9. The Bertz CT molecular complexity index is 471. The summed E-state index contributed by atoms with van der Waals surface area (Å²) in [6.45, 7) is 11.7. The first-order valence-electron chi connectivity index (χ1n) is 10.3. The highest BCUT2D eigenvalue weighted by Crippen LogP contribution is 1.99. The van der Waals surface area contributed by atoms with Gasteiger partial charge in [0.2, 0.25) is 5.91 Å². The minimum absolute atomic E-state index is 0.0370. The number of carbonyl (C=O) groups excluding carboxylic acids is 1. The molecular weight excluding hydrogens is 364 g/mol. The monoisotopic (exact) mass is 406 g/mol. The lowest BCUT2D eigenvalue weighted by Gasteiger charge is -2.02. The third kappa shape index (κ3) is 44.1. The lowest BCUT2D eigenvalue weighted by atomic mass is 10.2. The van der Waals surface area contributed by atoms with Crippen molar-refractivity contribution in [3.05, 3.63) is 48.6 Å². The highest BCUT2D eigenvalue weighted by atomic mass is 32.2. The maximum atomic E-state index is 10.1. The lowest BCUT2D eigenvalue weighted by molar-refractivity contribution is -0.119. The standard InChI is InChI=1S/C14H22.C5H11NO.C5H9NS/c1-3-5-7-9-11-13-14-12-10-8-6-4-2;1-4(2)6-5(3)7;1-2-3-4-7-5-6/h3,5-6,8-9,11-12,14H,4,7,10,13H2,1-2H3;4H,1-3H3,(H,6,7);2-4H2,1H3/b5-3-,8-6-,11-9-,14-12-;;. The summed E-state index contributed by atoms with van der Waals surface area (Å²) in [4.78, 5) is 10.1. The SMILES string of the molecule is C/C=C\C/C=C\C/C=C\C/C=C\CC.CC(=O)NC(C)C.CCCCSC#N. The predicted octanol–water partition coefficient (Wildman–Crippen LogP) is 7.34. The van der Waals surface area contributed by atoms with Crippen LogP contribution in [0.1, 0.15) is 80.1 Å². The fourth-order valence-electron chi connectivity index (χ4n) is 1.69. The molecule has 3 nitrogen and oxygen atoms in total. The molecular formula is C24H42N2OS. The molecule has 0 saturated carbocycles. The number of hydrogen-bond acceptors (Lipinski definition) is 3. The molecule has 0 aliphatic rings. The van der Waals surface area contributed by atoms with Crippen molar-refractivity contribution in [2.24, 2.45) is 0 Å². The highest BCUT2D eigenvalue weighted by Gasteiger charge is 1.91. The van der Waals surface area contributed by atoms with E-state index < -0.39 is 0 Å². The van der Waals surface area contributed by atoms with Gasteiger partial charge in [-0.15, -0.1) is 0 Å². The van der Waals surface area contributed by atoms with E-state index in [-0.39, 0.29) is 11.9 Å². The molecule has 160 valence electrons. The molecule has 0 aromatic rings. The van der Waals surface area contributed by atoms with Gasteiger partial charge in [-0.1, -0.05) is 68.9 Å². The van der Waals surface area contributed by atoms with Crippen LogP contribution in [-0.2, 0) is 4.79 Å². The van der Waals surface area contributed by atoms with Crippen LogP contribution in [0.3, 0.4) is 0 Å². The van der Waals surface area contributed by atoms with Crippen LogP contribution in [0, 0.1) is 10.7 Å². The van der Waals surface area contributed by atoms with Crippen molar-refractivity contribution < 1.29 is 4.79 Å². The van der Waals surface area contributed by atoms with Gasteiger partial charge in [-0.2, -0.15) is 5.26 Å². The topological polar surface area (TPSA) is 52.9 Å². The molecule has 1 amide bonds. The maximum absolute atomic E-state index is 10.1. The Balaban J connectivity index is -0.000000375. The summed E-state index contributed by atoms with van der Waals surface area (Å²) in [5, 5.41) is 12.7. The van der Waals surface area contributed by atoms with Crippen LogP contribution in [0.4, 0.5) is 0 Å². The molecule has 0 saturated heterocycles. The van der Waals surface area contributed by atoms with Crippen molar-refractivity contribution in [3.8, 4) is 5.40 Å². The first-order valence-corrected chi connectivity index (χ1v) is 11.3. The number of thioether (sulfide) groups is 1. The Kier molecular flexibility index (Phi) is 33.2. The third-order valence-corrected chi connectivity index (χ3v) is 3.57. The highest BCUT2D eigenvalue weighted by molar-refractivity contribution is 8.03. The minimum Gasteiger partial charge on any atom is -0.354 e. The molecule has 0 rings (SSSR count). The molecule has 0 atom stereocenters. The normalized spacial score (nSPS) is 10.8. The molecule has 0 aliphatic carbocycles. The van der Waals surface area contributed by atoms with Gasteiger partial charge < -0.3 is 5.32 Å². The van der Waals surface area contributed by atoms with Crippen LogP contribution in [-0.4, -0.2) is 17.7 Å². The van der Waals surface area contributed by atoms with Crippen LogP contribution in [0.2, 0.25) is 0 Å². The second-order valence-corrected chi connectivity index (χ2v) is 7.13. The molecule has 0 fully saturated rings. The second kappa shape index (κ2) is 30.0. The number of thiocyanates is 1. The number of allylic oxidation sites excluding steroid dienone is 8. The number of rotatable bonds is 11. The van der Waals surface area contributed by atoms with Crippen molar-refractivity contribution in [3.63, 3.8) is 0 Å². The molecule has 0 spiro atoms. The molecule has 0 heterocycles. The van der Waals surface area contributed by atoms with E-state index in [1.165, 1.54) is 25.1 Å². The molecule has 0 aromatic carbocycles. The lowest BCUT2D eigenvalue weighted by Crippen LogP contribution is -2.27. The van der Waals surface area contributed by atoms with Gasteiger partial charge in [0.15, 0.2) is 0 Å². The summed E-state index contributed by atoms with van der Waals surface area (Å²) in [7, 11) is 0. The van der Waals surface area contributed by atoms with Crippen molar-refractivity contribution in [1.29, 1.82) is 5.26 Å². The fourth-order valence-corrected chi connectivity index (χ4v) is 2.21. The van der Waals surface area contributed by atoms with Crippen LogP contribution in [0.15, 0.2) is 48.6 Å². The zero-order valence-corrected chi connectivity index (χ0v) is 19.7. The Hall–Kier alpha value is -1.73. The molecule has 0 radical (unpaired) electrons. The Morgan fingerprint density at radius 1 is 1.00 bits per heavy atom. The number of nitriles is 1. The van der Waals surface area contributed by atoms with E-state index in [0.29, 0.717) is 0 Å². The number of amides is 1. The molecule has 0 aliphatic heterocycles. The van der Waals surface area contributed by atoms with Gasteiger partial charge in [-0.3, -0.25) is 4.79 Å². The van der Waals surface area contributed by atoms with E-state index in [4.69, 9.17) is 5.26 Å². The minimum atomic E-state index is 0.0370. The molecule has 0 aromatic heterocycles. The molecule has 0 bridgehead atoms. The summed E-state index contributed by atoms with van der Waals surface area (Å²) >= 11 is 1.34. The van der Waals surface area contributed by atoms with E-state index in [2.05, 4.69) is 67.8 Å². The van der Waals surface area contributed by atoms with E-state index in [9.17, 15) is 4.79 Å². The van der Waals surface area contributed by atoms with Crippen molar-refractivity contribution in [2.45, 2.75) is 86.1 Å². The number of nitrogens with zero attached hydrogens (tertiary/aromatic N) is 1. The van der Waals surface area contributed by atoms with E-state index >= 15 is 0 Å². The number of carbonyl (C=O) groups is 1. The Morgan fingerprint density at radius 2 is 1.50 bits per heavy atom. The molecule has 28 heavy (non-hydrogen) atoms. The quantitative estimate of drug-likeness (QED) is 0.222. The van der Waals surface area contributed by atoms with Crippen LogP contribution < -0.4 is 5.32 Å². The average molecular weight is 407 g/mol. The number of unbranched alkanes of at least 4 members (excludes halogenated alkanes) is 1. The van der Waals surface area contributed by atoms with Crippen LogP contribution >= 0.6 is 11.8 Å². The van der Waals surface area contributed by atoms with Crippen molar-refractivity contribution in [2.75, 3.05) is 5.75 Å². The number of nitrogens with one attached hydrogen (secondary N) is 1. The van der Waals surface area contributed by atoms with Crippen molar-refractivity contribution in [1.82, 2.24) is 5.32 Å². The van der Waals surface area contributed by atoms with Gasteiger partial charge in [0, 0.05) is 18.7 Å². The smallest absolute Gasteiger partial charge is 0.217 e. The Labute approximate surface area is 179 Å². The van der Waals surface area contributed by atoms with E-state index in [1.807, 2.05) is 26.2 Å². The maximum Gasteiger partial charge on any atom is 0.217 e. The fraction of sp³-hybridized carbons (Fsp3) is 0.583. The van der Waals surface area contributed by atoms with Gasteiger partial charge in [0.05, 0.1) is 0 Å². The van der Waals surface area contributed by atoms with Crippen LogP contribution in [0.25, 0.3) is 0 Å². The van der Waals surface area contributed by atoms with E-state index in [1.54, 1.807) is 0 Å². The summed E-state index contributed by atoms with van der Waals surface area (Å²) in [6.07, 6.45) is 24.1. The van der Waals surface area contributed by atoms with Gasteiger partial charge in [0.1, 0.15) is 5.40 Å². The molecule has 4 heteroatoms. The molecule has 0 unspecified atom stereocenters. The zero-order chi connectivity index (χ0) is 21.9. The first kappa shape index (κ1) is 31.0. The van der Waals surface area contributed by atoms with Gasteiger partial charge in [-0.05, 0) is 64.6 Å². The predicted molar refractivity (Wildman–Crippen MR) is 128 cm³/mol. The second-order valence-electron chi connectivity index (χ2n) is 6.25. The van der Waals surface area contributed by atoms with Crippen LogP contribution in [0.5, 0.6) is 0 Å². The van der Waals surface area contributed by atoms with Gasteiger partial charge in [-0.25, -0.2) is 0 Å². The third-order valence-electron chi connectivity index (χ3n) is 2.94. The summed E-state index contributed by atoms with van der Waals surface area (Å²) in [5.41, 5.74) is 0. The van der Waals surface area contributed by atoms with Gasteiger partial charge in [0.25, 0.3) is 0 Å². The number of hydrogen-bond donors (Lipinski definition) is 1. The summed E-state index contributed by atoms with van der Waals surface area (Å²) in [5.74, 6) is 1.03. The van der Waals surface area contributed by atoms with Gasteiger partial charge >= 0.3 is 0 Å². The molecule has 1 N–H and O–H groups in total. The summed E-state index contributed by atoms with van der Waals surface area (Å²) < 4.78 is 0. The van der Waals surface area contributed by atoms with Crippen molar-refractivity contribution >= 4 is 17.7 Å².